The number of aromatic nitrogens is 3. The topological polar surface area (TPSA) is 38.7 Å². The molecule has 3 nitrogen and oxygen atoms in total. The molecule has 0 unspecified atom stereocenters. The van der Waals surface area contributed by atoms with E-state index in [9.17, 15) is 8.78 Å². The molecule has 2 aromatic heterocycles. The van der Waals surface area contributed by atoms with Gasteiger partial charge in [0.1, 0.15) is 4.47 Å². The average molecular weight is 278 g/mol. The molecule has 0 saturated carbocycles. The van der Waals surface area contributed by atoms with E-state index in [1.807, 2.05) is 0 Å². The van der Waals surface area contributed by atoms with Gasteiger partial charge in [-0.2, -0.15) is 18.7 Å². The third-order valence-corrected chi connectivity index (χ3v) is 2.82. The molecule has 2 heterocycles. The third-order valence-electron chi connectivity index (χ3n) is 1.39. The number of rotatable bonds is 1. The summed E-state index contributed by atoms with van der Waals surface area (Å²) in [5.41, 5.74) is 0. The molecule has 0 radical (unpaired) electrons. The first kappa shape index (κ1) is 9.60. The quantitative estimate of drug-likeness (QED) is 0.753. The van der Waals surface area contributed by atoms with E-state index >= 15 is 0 Å². The molecule has 0 fully saturated rings. The molecule has 0 N–H and O–H groups in total. The summed E-state index contributed by atoms with van der Waals surface area (Å²) in [6.45, 7) is 0. The fraction of sp³-hybridized carbons (Fsp3) is 0. The Hall–Kier alpha value is -0.950. The van der Waals surface area contributed by atoms with Gasteiger partial charge in [-0.3, -0.25) is 0 Å². The zero-order valence-corrected chi connectivity index (χ0v) is 8.94. The largest absolute Gasteiger partial charge is 0.241 e. The summed E-state index contributed by atoms with van der Waals surface area (Å²) in [6, 6.07) is 0. The Balaban J connectivity index is 2.57. The predicted octanol–water partition coefficient (Wildman–Crippen LogP) is 2.64. The van der Waals surface area contributed by atoms with E-state index in [0.29, 0.717) is 5.01 Å². The summed E-state index contributed by atoms with van der Waals surface area (Å²) in [7, 11) is 0. The molecule has 0 aliphatic heterocycles. The zero-order chi connectivity index (χ0) is 10.1. The van der Waals surface area contributed by atoms with Crippen molar-refractivity contribution in [2.24, 2.45) is 0 Å². The standard InChI is InChI=1S/C7H2BrF2N3S/c8-3-4(9)12-6(13-5(3)10)7-11-1-2-14-7/h1-2H. The molecule has 0 aliphatic rings. The zero-order valence-electron chi connectivity index (χ0n) is 6.54. The SMILES string of the molecule is Fc1nc(-c2nccs2)nc(F)c1Br. The molecule has 2 aromatic rings. The van der Waals surface area contributed by atoms with Crippen LogP contribution < -0.4 is 0 Å². The highest BCUT2D eigenvalue weighted by molar-refractivity contribution is 9.10. The summed E-state index contributed by atoms with van der Waals surface area (Å²) in [6.07, 6.45) is 1.52. The molecule has 7 heteroatoms. The van der Waals surface area contributed by atoms with Crippen LogP contribution >= 0.6 is 27.3 Å². The minimum atomic E-state index is -0.928. The Kier molecular flexibility index (Phi) is 2.51. The smallest absolute Gasteiger partial charge is 0.234 e. The van der Waals surface area contributed by atoms with E-state index < -0.39 is 11.9 Å². The van der Waals surface area contributed by atoms with Crippen molar-refractivity contribution in [1.29, 1.82) is 0 Å². The summed E-state index contributed by atoms with van der Waals surface area (Å²) in [5.74, 6) is -1.90. The average Bonchev–Trinajstić information content (AvgIpc) is 2.66. The van der Waals surface area contributed by atoms with Gasteiger partial charge in [-0.1, -0.05) is 0 Å². The van der Waals surface area contributed by atoms with E-state index in [1.165, 1.54) is 17.5 Å². The second-order valence-electron chi connectivity index (χ2n) is 2.28. The van der Waals surface area contributed by atoms with Crippen LogP contribution in [0.5, 0.6) is 0 Å². The van der Waals surface area contributed by atoms with Gasteiger partial charge in [0.25, 0.3) is 0 Å². The number of thiazole rings is 1. The Labute approximate surface area is 90.0 Å². The Morgan fingerprint density at radius 1 is 1.21 bits per heavy atom. The van der Waals surface area contributed by atoms with Crippen LogP contribution in [0.3, 0.4) is 0 Å². The summed E-state index contributed by atoms with van der Waals surface area (Å²) < 4.78 is 25.6. The van der Waals surface area contributed by atoms with Gasteiger partial charge >= 0.3 is 0 Å². The van der Waals surface area contributed by atoms with Crippen LogP contribution in [0.4, 0.5) is 8.78 Å². The summed E-state index contributed by atoms with van der Waals surface area (Å²) >= 11 is 3.90. The molecule has 14 heavy (non-hydrogen) atoms. The first-order valence-corrected chi connectivity index (χ1v) is 5.14. The Morgan fingerprint density at radius 2 is 1.86 bits per heavy atom. The highest BCUT2D eigenvalue weighted by atomic mass is 79.9. The van der Waals surface area contributed by atoms with Crippen molar-refractivity contribution in [3.05, 3.63) is 27.9 Å². The molecule has 0 saturated heterocycles. The van der Waals surface area contributed by atoms with Gasteiger partial charge < -0.3 is 0 Å². The molecule has 0 aliphatic carbocycles. The van der Waals surface area contributed by atoms with Gasteiger partial charge in [0, 0.05) is 11.6 Å². The van der Waals surface area contributed by atoms with Crippen molar-refractivity contribution in [2.45, 2.75) is 0 Å². The van der Waals surface area contributed by atoms with Crippen LogP contribution in [-0.2, 0) is 0 Å². The minimum Gasteiger partial charge on any atom is -0.241 e. The lowest BCUT2D eigenvalue weighted by atomic mass is 10.5. The van der Waals surface area contributed by atoms with Gasteiger partial charge in [0.15, 0.2) is 10.8 Å². The molecule has 0 atom stereocenters. The second-order valence-corrected chi connectivity index (χ2v) is 3.97. The van der Waals surface area contributed by atoms with E-state index in [-0.39, 0.29) is 10.3 Å². The van der Waals surface area contributed by atoms with Crippen molar-refractivity contribution in [3.8, 4) is 10.8 Å². The van der Waals surface area contributed by atoms with E-state index in [1.54, 1.807) is 5.38 Å². The normalized spacial score (nSPS) is 10.5. The summed E-state index contributed by atoms with van der Waals surface area (Å²) in [4.78, 5) is 10.8. The van der Waals surface area contributed by atoms with Crippen LogP contribution in [0.2, 0.25) is 0 Å². The number of nitrogens with zero attached hydrogens (tertiary/aromatic N) is 3. The molecule has 0 spiro atoms. The summed E-state index contributed by atoms with van der Waals surface area (Å²) in [5, 5.41) is 2.06. The lowest BCUT2D eigenvalue weighted by Crippen LogP contribution is -1.97. The molecule has 72 valence electrons. The first-order chi connectivity index (χ1) is 6.68. The number of hydrogen-bond donors (Lipinski definition) is 0. The first-order valence-electron chi connectivity index (χ1n) is 3.47. The van der Waals surface area contributed by atoms with Gasteiger partial charge in [-0.05, 0) is 15.9 Å². The van der Waals surface area contributed by atoms with Gasteiger partial charge in [-0.15, -0.1) is 11.3 Å². The van der Waals surface area contributed by atoms with Crippen molar-refractivity contribution in [1.82, 2.24) is 15.0 Å². The van der Waals surface area contributed by atoms with E-state index in [0.717, 1.165) is 0 Å². The Morgan fingerprint density at radius 3 is 2.36 bits per heavy atom. The van der Waals surface area contributed by atoms with Gasteiger partial charge in [0.05, 0.1) is 0 Å². The maximum atomic E-state index is 13.0. The monoisotopic (exact) mass is 277 g/mol. The van der Waals surface area contributed by atoms with Gasteiger partial charge in [0.2, 0.25) is 11.9 Å². The molecule has 0 bridgehead atoms. The molecule has 0 amide bonds. The van der Waals surface area contributed by atoms with Crippen LogP contribution in [0.15, 0.2) is 16.0 Å². The van der Waals surface area contributed by atoms with Crippen LogP contribution in [0, 0.1) is 11.9 Å². The molecule has 0 aromatic carbocycles. The van der Waals surface area contributed by atoms with Crippen molar-refractivity contribution in [2.75, 3.05) is 0 Å². The fourth-order valence-electron chi connectivity index (χ4n) is 0.824. The van der Waals surface area contributed by atoms with Crippen molar-refractivity contribution < 1.29 is 8.78 Å². The lowest BCUT2D eigenvalue weighted by Gasteiger charge is -1.97. The molecule has 2 rings (SSSR count). The number of hydrogen-bond acceptors (Lipinski definition) is 4. The highest BCUT2D eigenvalue weighted by Crippen LogP contribution is 2.22. The van der Waals surface area contributed by atoms with Crippen molar-refractivity contribution >= 4 is 27.3 Å². The minimum absolute atomic E-state index is 0.0433. The molecular formula is C7H2BrF2N3S. The third kappa shape index (κ3) is 1.64. The highest BCUT2D eigenvalue weighted by Gasteiger charge is 2.13. The van der Waals surface area contributed by atoms with E-state index in [4.69, 9.17) is 0 Å². The predicted molar refractivity (Wildman–Crippen MR) is 50.8 cm³/mol. The van der Waals surface area contributed by atoms with Crippen LogP contribution in [0.25, 0.3) is 10.8 Å². The molecular weight excluding hydrogens is 276 g/mol. The second kappa shape index (κ2) is 3.66. The Bertz CT molecular complexity index is 437. The fourth-order valence-corrected chi connectivity index (χ4v) is 1.57. The van der Waals surface area contributed by atoms with Crippen molar-refractivity contribution in [3.63, 3.8) is 0 Å². The lowest BCUT2D eigenvalue weighted by molar-refractivity contribution is 0.516. The maximum Gasteiger partial charge on any atom is 0.234 e. The van der Waals surface area contributed by atoms with Crippen LogP contribution in [0.1, 0.15) is 0 Å². The number of halogens is 3. The van der Waals surface area contributed by atoms with Gasteiger partial charge in [-0.25, -0.2) is 4.98 Å². The van der Waals surface area contributed by atoms with E-state index in [2.05, 4.69) is 30.9 Å². The van der Waals surface area contributed by atoms with Crippen LogP contribution in [-0.4, -0.2) is 15.0 Å². The maximum absolute atomic E-state index is 13.0.